The fourth-order valence-corrected chi connectivity index (χ4v) is 3.35. The molecule has 1 unspecified atom stereocenters. The van der Waals surface area contributed by atoms with Crippen LogP contribution >= 0.6 is 0 Å². The maximum atomic E-state index is 12.6. The number of nitrogens with zero attached hydrogens (tertiary/aromatic N) is 2. The largest absolute Gasteiger partial charge is 0.432 e. The molecular formula is C14H18F3N3O2. The van der Waals surface area contributed by atoms with Crippen molar-refractivity contribution in [1.29, 1.82) is 0 Å². The third-order valence-electron chi connectivity index (χ3n) is 4.99. The molecule has 8 heteroatoms. The number of hydrogen-bond acceptors (Lipinski definition) is 3. The van der Waals surface area contributed by atoms with Gasteiger partial charge in [0, 0.05) is 18.5 Å². The second-order valence-electron chi connectivity index (χ2n) is 6.37. The Bertz CT molecular complexity index is 582. The number of β-amino-alcohol motifs (C(OH)–C–C–N with tert-alkyl or cyclic N) is 1. The third kappa shape index (κ3) is 2.39. The number of aromatic amines is 1. The van der Waals surface area contributed by atoms with Crippen LogP contribution in [0, 0.1) is 11.8 Å². The summed E-state index contributed by atoms with van der Waals surface area (Å²) in [5.74, 6) is -0.498. The first-order valence-electron chi connectivity index (χ1n) is 7.36. The van der Waals surface area contributed by atoms with Crippen LogP contribution in [-0.4, -0.2) is 44.8 Å². The summed E-state index contributed by atoms with van der Waals surface area (Å²) in [5.41, 5.74) is -2.24. The zero-order valence-electron chi connectivity index (χ0n) is 12.2. The maximum absolute atomic E-state index is 12.6. The van der Waals surface area contributed by atoms with E-state index in [1.165, 1.54) is 4.90 Å². The molecular weight excluding hydrogens is 299 g/mol. The van der Waals surface area contributed by atoms with Crippen LogP contribution in [0.2, 0.25) is 0 Å². The van der Waals surface area contributed by atoms with Gasteiger partial charge in [-0.3, -0.25) is 9.89 Å². The average molecular weight is 317 g/mol. The second kappa shape index (κ2) is 4.97. The molecule has 2 N–H and O–H groups in total. The Kier molecular flexibility index (Phi) is 3.47. The first kappa shape index (κ1) is 15.3. The Hall–Kier alpha value is -1.57. The van der Waals surface area contributed by atoms with Gasteiger partial charge in [0.05, 0.1) is 12.1 Å². The van der Waals surface area contributed by atoms with Crippen LogP contribution in [0.4, 0.5) is 13.2 Å². The van der Waals surface area contributed by atoms with E-state index in [0.29, 0.717) is 12.6 Å². The number of halogens is 3. The van der Waals surface area contributed by atoms with E-state index in [-0.39, 0.29) is 24.1 Å². The lowest BCUT2D eigenvalue weighted by Crippen LogP contribution is -2.48. The fraction of sp³-hybridized carbons (Fsp3) is 0.714. The molecule has 1 saturated carbocycles. The number of hydrogen-bond donors (Lipinski definition) is 2. The van der Waals surface area contributed by atoms with Gasteiger partial charge in [0.1, 0.15) is 5.69 Å². The fourth-order valence-electron chi connectivity index (χ4n) is 3.35. The number of aliphatic hydroxyl groups is 1. The number of aromatic nitrogens is 2. The molecule has 0 radical (unpaired) electrons. The Morgan fingerprint density at radius 3 is 2.68 bits per heavy atom. The van der Waals surface area contributed by atoms with Crippen molar-refractivity contribution in [2.24, 2.45) is 11.8 Å². The van der Waals surface area contributed by atoms with Gasteiger partial charge in [0.2, 0.25) is 0 Å². The summed E-state index contributed by atoms with van der Waals surface area (Å²) in [6.45, 7) is 2.36. The predicted molar refractivity (Wildman–Crippen MR) is 70.9 cm³/mol. The molecule has 0 aromatic carbocycles. The first-order valence-corrected chi connectivity index (χ1v) is 7.36. The minimum absolute atomic E-state index is 0.0946. The van der Waals surface area contributed by atoms with E-state index in [0.717, 1.165) is 19.3 Å². The molecule has 2 aliphatic rings. The van der Waals surface area contributed by atoms with Gasteiger partial charge in [-0.15, -0.1) is 0 Å². The topological polar surface area (TPSA) is 69.2 Å². The van der Waals surface area contributed by atoms with E-state index in [1.54, 1.807) is 0 Å². The van der Waals surface area contributed by atoms with Gasteiger partial charge in [-0.2, -0.15) is 18.3 Å². The SMILES string of the molecule is CC1CN(C(=O)c2cc(C(F)(F)F)[nH]n2)C[C@@]1(O)C1CCC1. The van der Waals surface area contributed by atoms with Crippen LogP contribution in [0.5, 0.6) is 0 Å². The summed E-state index contributed by atoms with van der Waals surface area (Å²) in [4.78, 5) is 13.7. The minimum atomic E-state index is -4.56. The van der Waals surface area contributed by atoms with Crippen molar-refractivity contribution in [1.82, 2.24) is 15.1 Å². The number of likely N-dealkylation sites (tertiary alicyclic amines) is 1. The molecule has 2 fully saturated rings. The molecule has 5 nitrogen and oxygen atoms in total. The highest BCUT2D eigenvalue weighted by molar-refractivity contribution is 5.92. The van der Waals surface area contributed by atoms with Gasteiger partial charge in [0.25, 0.3) is 5.91 Å². The summed E-state index contributed by atoms with van der Waals surface area (Å²) in [7, 11) is 0. The van der Waals surface area contributed by atoms with Crippen LogP contribution < -0.4 is 0 Å². The highest BCUT2D eigenvalue weighted by Crippen LogP contribution is 2.44. The van der Waals surface area contributed by atoms with Crippen LogP contribution in [-0.2, 0) is 6.18 Å². The van der Waals surface area contributed by atoms with Crippen LogP contribution in [0.3, 0.4) is 0 Å². The van der Waals surface area contributed by atoms with Gasteiger partial charge >= 0.3 is 6.18 Å². The number of nitrogens with one attached hydrogen (secondary N) is 1. The maximum Gasteiger partial charge on any atom is 0.432 e. The number of carbonyl (C=O) groups excluding carboxylic acids is 1. The number of carbonyl (C=O) groups is 1. The molecule has 1 aliphatic heterocycles. The minimum Gasteiger partial charge on any atom is -0.387 e. The second-order valence-corrected chi connectivity index (χ2v) is 6.37. The quantitative estimate of drug-likeness (QED) is 0.877. The molecule has 1 saturated heterocycles. The van der Waals surface area contributed by atoms with Crippen molar-refractivity contribution in [2.75, 3.05) is 13.1 Å². The summed E-state index contributed by atoms with van der Waals surface area (Å²) >= 11 is 0. The van der Waals surface area contributed by atoms with E-state index < -0.39 is 23.4 Å². The molecule has 22 heavy (non-hydrogen) atoms. The highest BCUT2D eigenvalue weighted by atomic mass is 19.4. The zero-order valence-corrected chi connectivity index (χ0v) is 12.2. The van der Waals surface area contributed by atoms with E-state index >= 15 is 0 Å². The molecule has 2 heterocycles. The van der Waals surface area contributed by atoms with E-state index in [2.05, 4.69) is 5.10 Å². The predicted octanol–water partition coefficient (Wildman–Crippen LogP) is 2.05. The van der Waals surface area contributed by atoms with Crippen LogP contribution in [0.1, 0.15) is 42.4 Å². The van der Waals surface area contributed by atoms with Crippen molar-refractivity contribution in [2.45, 2.75) is 38.0 Å². The van der Waals surface area contributed by atoms with Crippen molar-refractivity contribution in [3.63, 3.8) is 0 Å². The molecule has 1 aromatic heterocycles. The van der Waals surface area contributed by atoms with Crippen molar-refractivity contribution in [3.8, 4) is 0 Å². The van der Waals surface area contributed by atoms with Gasteiger partial charge in [-0.05, 0) is 18.8 Å². The Labute approximate surface area is 125 Å². The first-order chi connectivity index (χ1) is 10.2. The van der Waals surface area contributed by atoms with Crippen LogP contribution in [0.25, 0.3) is 0 Å². The van der Waals surface area contributed by atoms with Crippen molar-refractivity contribution < 1.29 is 23.1 Å². The summed E-state index contributed by atoms with van der Waals surface area (Å²) in [6, 6.07) is 0.716. The normalized spacial score (nSPS) is 29.7. The van der Waals surface area contributed by atoms with Crippen molar-refractivity contribution in [3.05, 3.63) is 17.5 Å². The lowest BCUT2D eigenvalue weighted by atomic mass is 9.69. The monoisotopic (exact) mass is 317 g/mol. The van der Waals surface area contributed by atoms with Crippen molar-refractivity contribution >= 4 is 5.91 Å². The summed E-state index contributed by atoms with van der Waals surface area (Å²) < 4.78 is 37.7. The van der Waals surface area contributed by atoms with E-state index in [4.69, 9.17) is 0 Å². The lowest BCUT2D eigenvalue weighted by molar-refractivity contribution is -0.141. The Morgan fingerprint density at radius 1 is 1.50 bits per heavy atom. The third-order valence-corrected chi connectivity index (χ3v) is 4.99. The lowest BCUT2D eigenvalue weighted by Gasteiger charge is -2.41. The number of H-pyrrole nitrogens is 1. The number of rotatable bonds is 2. The summed E-state index contributed by atoms with van der Waals surface area (Å²) in [6.07, 6.45) is -1.62. The van der Waals surface area contributed by atoms with Crippen LogP contribution in [0.15, 0.2) is 6.07 Å². The van der Waals surface area contributed by atoms with E-state index in [1.807, 2.05) is 12.0 Å². The standard InChI is InChI=1S/C14H18F3N3O2/c1-8-6-20(7-13(8,22)9-3-2-4-9)12(21)10-5-11(19-18-10)14(15,16)17/h5,8-9,22H,2-4,6-7H2,1H3,(H,18,19)/t8?,13-/m0/s1. The smallest absolute Gasteiger partial charge is 0.387 e. The van der Waals surface area contributed by atoms with Gasteiger partial charge in [0.15, 0.2) is 5.69 Å². The highest BCUT2D eigenvalue weighted by Gasteiger charge is 2.51. The number of amides is 1. The average Bonchev–Trinajstić information content (AvgIpc) is 2.92. The molecule has 1 aromatic rings. The molecule has 0 spiro atoms. The molecule has 0 bridgehead atoms. The Morgan fingerprint density at radius 2 is 2.18 bits per heavy atom. The molecule has 1 amide bonds. The molecule has 1 aliphatic carbocycles. The van der Waals surface area contributed by atoms with Gasteiger partial charge in [-0.1, -0.05) is 13.3 Å². The molecule has 122 valence electrons. The number of alkyl halides is 3. The molecule has 2 atom stereocenters. The Balaban J connectivity index is 1.75. The van der Waals surface area contributed by atoms with Gasteiger partial charge < -0.3 is 10.0 Å². The summed E-state index contributed by atoms with van der Waals surface area (Å²) in [5, 5.41) is 16.1. The van der Waals surface area contributed by atoms with Gasteiger partial charge in [-0.25, -0.2) is 0 Å². The molecule has 3 rings (SSSR count). The zero-order chi connectivity index (χ0) is 16.1. The van der Waals surface area contributed by atoms with E-state index in [9.17, 15) is 23.1 Å².